The first-order chi connectivity index (χ1) is 8.28. The van der Waals surface area contributed by atoms with Crippen LogP contribution in [0.25, 0.3) is 0 Å². The Hall–Kier alpha value is -1.40. The van der Waals surface area contributed by atoms with E-state index in [-0.39, 0.29) is 17.2 Å². The SMILES string of the molecule is C=C(C)CN(C)S(=O)(=O)c1ccc(F)c(OC)c1. The normalized spacial score (nSPS) is 11.6. The molecule has 0 aromatic heterocycles. The first-order valence-corrected chi connectivity index (χ1v) is 6.67. The van der Waals surface area contributed by atoms with E-state index in [2.05, 4.69) is 6.58 Å². The third-order valence-electron chi connectivity index (χ3n) is 2.32. The molecule has 0 heterocycles. The second-order valence-electron chi connectivity index (χ2n) is 4.01. The van der Waals surface area contributed by atoms with Gasteiger partial charge in [0.2, 0.25) is 10.0 Å². The molecule has 0 saturated heterocycles. The van der Waals surface area contributed by atoms with Gasteiger partial charge in [0.1, 0.15) is 0 Å². The van der Waals surface area contributed by atoms with Crippen molar-refractivity contribution in [1.82, 2.24) is 4.31 Å². The van der Waals surface area contributed by atoms with Crippen LogP contribution >= 0.6 is 0 Å². The molecule has 0 aliphatic rings. The van der Waals surface area contributed by atoms with Crippen molar-refractivity contribution < 1.29 is 17.5 Å². The van der Waals surface area contributed by atoms with E-state index in [1.165, 1.54) is 26.3 Å². The van der Waals surface area contributed by atoms with E-state index in [1.807, 2.05) is 0 Å². The summed E-state index contributed by atoms with van der Waals surface area (Å²) in [5, 5.41) is 0. The minimum Gasteiger partial charge on any atom is -0.494 e. The standard InChI is InChI=1S/C12H16FNO3S/c1-9(2)8-14(3)18(15,16)10-5-6-11(13)12(7-10)17-4/h5-7H,1,8H2,2-4H3. The molecule has 0 spiro atoms. The van der Waals surface area contributed by atoms with E-state index in [0.29, 0.717) is 0 Å². The summed E-state index contributed by atoms with van der Waals surface area (Å²) in [5.74, 6) is -0.696. The summed E-state index contributed by atoms with van der Waals surface area (Å²) in [6, 6.07) is 3.45. The van der Waals surface area contributed by atoms with Gasteiger partial charge in [0.15, 0.2) is 11.6 Å². The highest BCUT2D eigenvalue weighted by Gasteiger charge is 2.22. The molecule has 0 saturated carbocycles. The van der Waals surface area contributed by atoms with Gasteiger partial charge in [0.25, 0.3) is 0 Å². The lowest BCUT2D eigenvalue weighted by molar-refractivity contribution is 0.384. The van der Waals surface area contributed by atoms with Gasteiger partial charge in [-0.2, -0.15) is 4.31 Å². The van der Waals surface area contributed by atoms with Crippen LogP contribution in [0, 0.1) is 5.82 Å². The molecule has 0 aliphatic carbocycles. The van der Waals surface area contributed by atoms with Crippen LogP contribution in [0.5, 0.6) is 5.75 Å². The minimum atomic E-state index is -3.66. The summed E-state index contributed by atoms with van der Waals surface area (Å²) in [6.45, 7) is 5.60. The fraction of sp³-hybridized carbons (Fsp3) is 0.333. The van der Waals surface area contributed by atoms with Crippen LogP contribution in [0.15, 0.2) is 35.2 Å². The molecule has 0 unspecified atom stereocenters. The molecule has 1 rings (SSSR count). The Morgan fingerprint density at radius 1 is 1.50 bits per heavy atom. The zero-order chi connectivity index (χ0) is 13.9. The number of rotatable bonds is 5. The molecule has 100 valence electrons. The van der Waals surface area contributed by atoms with Gasteiger partial charge in [-0.3, -0.25) is 0 Å². The Bertz CT molecular complexity index is 554. The van der Waals surface area contributed by atoms with Crippen LogP contribution in [-0.4, -0.2) is 33.4 Å². The average molecular weight is 273 g/mol. The average Bonchev–Trinajstić information content (AvgIpc) is 2.28. The van der Waals surface area contributed by atoms with Gasteiger partial charge in [-0.25, -0.2) is 12.8 Å². The number of hydrogen-bond acceptors (Lipinski definition) is 3. The molecule has 4 nitrogen and oxygen atoms in total. The molecule has 0 bridgehead atoms. The zero-order valence-corrected chi connectivity index (χ0v) is 11.4. The first kappa shape index (κ1) is 14.7. The second kappa shape index (κ2) is 5.49. The predicted molar refractivity (Wildman–Crippen MR) is 67.6 cm³/mol. The van der Waals surface area contributed by atoms with Crippen molar-refractivity contribution in [2.75, 3.05) is 20.7 Å². The maximum absolute atomic E-state index is 13.2. The lowest BCUT2D eigenvalue weighted by Gasteiger charge is -2.17. The number of likely N-dealkylation sites (N-methyl/N-ethyl adjacent to an activating group) is 1. The lowest BCUT2D eigenvalue weighted by Crippen LogP contribution is -2.28. The Morgan fingerprint density at radius 2 is 2.11 bits per heavy atom. The van der Waals surface area contributed by atoms with Crippen LogP contribution in [0.4, 0.5) is 4.39 Å². The van der Waals surface area contributed by atoms with Gasteiger partial charge >= 0.3 is 0 Å². The van der Waals surface area contributed by atoms with Gasteiger partial charge in [0.05, 0.1) is 12.0 Å². The van der Waals surface area contributed by atoms with E-state index < -0.39 is 15.8 Å². The molecule has 0 N–H and O–H groups in total. The monoisotopic (exact) mass is 273 g/mol. The highest BCUT2D eigenvalue weighted by atomic mass is 32.2. The van der Waals surface area contributed by atoms with E-state index in [4.69, 9.17) is 4.74 Å². The number of halogens is 1. The van der Waals surface area contributed by atoms with Crippen molar-refractivity contribution in [2.45, 2.75) is 11.8 Å². The van der Waals surface area contributed by atoms with E-state index in [1.54, 1.807) is 6.92 Å². The third kappa shape index (κ3) is 3.08. The lowest BCUT2D eigenvalue weighted by atomic mass is 10.3. The fourth-order valence-corrected chi connectivity index (χ4v) is 2.69. The zero-order valence-electron chi connectivity index (χ0n) is 10.6. The molecule has 0 aliphatic heterocycles. The number of methoxy groups -OCH3 is 1. The van der Waals surface area contributed by atoms with Gasteiger partial charge < -0.3 is 4.74 Å². The number of nitrogens with zero attached hydrogens (tertiary/aromatic N) is 1. The van der Waals surface area contributed by atoms with Gasteiger partial charge in [-0.05, 0) is 19.1 Å². The van der Waals surface area contributed by atoms with E-state index in [0.717, 1.165) is 15.9 Å². The maximum Gasteiger partial charge on any atom is 0.243 e. The van der Waals surface area contributed by atoms with Crippen LogP contribution in [0.1, 0.15) is 6.92 Å². The van der Waals surface area contributed by atoms with Crippen molar-refractivity contribution >= 4 is 10.0 Å². The summed E-state index contributed by atoms with van der Waals surface area (Å²) in [6.07, 6.45) is 0. The highest BCUT2D eigenvalue weighted by molar-refractivity contribution is 7.89. The largest absolute Gasteiger partial charge is 0.494 e. The smallest absolute Gasteiger partial charge is 0.243 e. The minimum absolute atomic E-state index is 0.00972. The Kier molecular flexibility index (Phi) is 4.48. The van der Waals surface area contributed by atoms with Gasteiger partial charge in [-0.1, -0.05) is 12.2 Å². The molecule has 0 radical (unpaired) electrons. The summed E-state index contributed by atoms with van der Waals surface area (Å²) in [4.78, 5) is -0.00972. The number of ether oxygens (including phenoxy) is 1. The number of sulfonamides is 1. The summed E-state index contributed by atoms with van der Waals surface area (Å²) < 4.78 is 43.5. The van der Waals surface area contributed by atoms with E-state index >= 15 is 0 Å². The number of benzene rings is 1. The molecular formula is C12H16FNO3S. The Morgan fingerprint density at radius 3 is 2.61 bits per heavy atom. The van der Waals surface area contributed by atoms with Crippen LogP contribution in [0.2, 0.25) is 0 Å². The molecule has 0 amide bonds. The highest BCUT2D eigenvalue weighted by Crippen LogP contribution is 2.23. The number of hydrogen-bond donors (Lipinski definition) is 0. The third-order valence-corrected chi connectivity index (χ3v) is 4.12. The molecule has 1 aromatic carbocycles. The van der Waals surface area contributed by atoms with Crippen molar-refractivity contribution in [1.29, 1.82) is 0 Å². The van der Waals surface area contributed by atoms with Crippen LogP contribution in [0.3, 0.4) is 0 Å². The summed E-state index contributed by atoms with van der Waals surface area (Å²) in [5.41, 5.74) is 0.718. The van der Waals surface area contributed by atoms with Crippen LogP contribution < -0.4 is 4.74 Å². The molecule has 18 heavy (non-hydrogen) atoms. The molecular weight excluding hydrogens is 257 g/mol. The van der Waals surface area contributed by atoms with Crippen molar-refractivity contribution in [3.8, 4) is 5.75 Å². The maximum atomic E-state index is 13.2. The summed E-state index contributed by atoms with van der Waals surface area (Å²) >= 11 is 0. The van der Waals surface area contributed by atoms with Crippen molar-refractivity contribution in [3.05, 3.63) is 36.2 Å². The quantitative estimate of drug-likeness (QED) is 0.771. The van der Waals surface area contributed by atoms with Crippen molar-refractivity contribution in [3.63, 3.8) is 0 Å². The second-order valence-corrected chi connectivity index (χ2v) is 6.06. The fourth-order valence-electron chi connectivity index (χ4n) is 1.45. The Balaban J connectivity index is 3.16. The summed E-state index contributed by atoms with van der Waals surface area (Å²) in [7, 11) is -0.929. The van der Waals surface area contributed by atoms with Crippen molar-refractivity contribution in [2.24, 2.45) is 0 Å². The first-order valence-electron chi connectivity index (χ1n) is 5.23. The molecule has 0 atom stereocenters. The van der Waals surface area contributed by atoms with E-state index in [9.17, 15) is 12.8 Å². The molecule has 6 heteroatoms. The molecule has 1 aromatic rings. The Labute approximate surface area is 107 Å². The molecule has 0 fully saturated rings. The predicted octanol–water partition coefficient (Wildman–Crippen LogP) is 2.03. The topological polar surface area (TPSA) is 46.6 Å². The van der Waals surface area contributed by atoms with Gasteiger partial charge in [-0.15, -0.1) is 0 Å². The van der Waals surface area contributed by atoms with Crippen LogP contribution in [-0.2, 0) is 10.0 Å². The van der Waals surface area contributed by atoms with Gasteiger partial charge in [0, 0.05) is 19.7 Å².